The predicted octanol–water partition coefficient (Wildman–Crippen LogP) is 1.19. The van der Waals surface area contributed by atoms with E-state index in [0.717, 1.165) is 0 Å². The van der Waals surface area contributed by atoms with E-state index in [9.17, 15) is 14.4 Å². The molecule has 1 unspecified atom stereocenters. The van der Waals surface area contributed by atoms with Crippen LogP contribution in [0.2, 0.25) is 0 Å². The molecule has 8 heteroatoms. The monoisotopic (exact) mass is 330 g/mol. The topological polar surface area (TPSA) is 114 Å². The van der Waals surface area contributed by atoms with E-state index in [2.05, 4.69) is 20.8 Å². The molecule has 24 heavy (non-hydrogen) atoms. The zero-order valence-corrected chi connectivity index (χ0v) is 13.7. The Kier molecular flexibility index (Phi) is 4.04. The Labute approximate surface area is 138 Å². The molecule has 2 aromatic heterocycles. The molecular formula is C16H18N4O4. The maximum Gasteiger partial charge on any atom is 0.259 e. The minimum atomic E-state index is -0.735. The Morgan fingerprint density at radius 1 is 1.42 bits per heavy atom. The third kappa shape index (κ3) is 2.86. The van der Waals surface area contributed by atoms with Crippen LogP contribution in [0, 0.1) is 6.92 Å². The van der Waals surface area contributed by atoms with Crippen LogP contribution >= 0.6 is 0 Å². The Bertz CT molecular complexity index is 840. The lowest BCUT2D eigenvalue weighted by Crippen LogP contribution is -2.52. The van der Waals surface area contributed by atoms with Crippen molar-refractivity contribution in [1.29, 1.82) is 0 Å². The highest BCUT2D eigenvalue weighted by atomic mass is 16.5. The highest BCUT2D eigenvalue weighted by Gasteiger charge is 2.29. The number of amides is 3. The average Bonchev–Trinajstić information content (AvgIpc) is 2.90. The highest BCUT2D eigenvalue weighted by Crippen LogP contribution is 2.25. The van der Waals surface area contributed by atoms with Crippen LogP contribution in [0.15, 0.2) is 10.6 Å². The third-order valence-corrected chi connectivity index (χ3v) is 4.02. The van der Waals surface area contributed by atoms with Crippen LogP contribution in [0.5, 0.6) is 0 Å². The van der Waals surface area contributed by atoms with Crippen LogP contribution in [0.25, 0.3) is 11.1 Å². The van der Waals surface area contributed by atoms with Crippen LogP contribution in [0.1, 0.15) is 54.4 Å². The number of carbonyl (C=O) groups is 3. The number of nitrogens with zero attached hydrogens (tertiary/aromatic N) is 2. The summed E-state index contributed by atoms with van der Waals surface area (Å²) in [6, 6.07) is 0.958. The Hall–Kier alpha value is -2.77. The van der Waals surface area contributed by atoms with Gasteiger partial charge in [-0.2, -0.15) is 0 Å². The molecule has 1 aliphatic rings. The van der Waals surface area contributed by atoms with E-state index in [1.165, 1.54) is 0 Å². The molecule has 126 valence electrons. The van der Waals surface area contributed by atoms with Crippen molar-refractivity contribution in [3.05, 3.63) is 23.0 Å². The minimum Gasteiger partial charge on any atom is -0.340 e. The molecule has 1 atom stereocenters. The molecule has 1 fully saturated rings. The number of fused-ring (bicyclic) bond motifs is 1. The zero-order chi connectivity index (χ0) is 17.4. The van der Waals surface area contributed by atoms with Gasteiger partial charge in [0.1, 0.15) is 6.04 Å². The van der Waals surface area contributed by atoms with Crippen LogP contribution < -0.4 is 10.6 Å². The summed E-state index contributed by atoms with van der Waals surface area (Å²) in [5.41, 5.74) is 1.92. The van der Waals surface area contributed by atoms with Gasteiger partial charge >= 0.3 is 0 Å². The highest BCUT2D eigenvalue weighted by molar-refractivity contribution is 6.08. The van der Waals surface area contributed by atoms with Crippen molar-refractivity contribution in [3.8, 4) is 0 Å². The van der Waals surface area contributed by atoms with Gasteiger partial charge in [0, 0.05) is 12.1 Å². The third-order valence-electron chi connectivity index (χ3n) is 4.02. The molecule has 8 nitrogen and oxygen atoms in total. The number of piperidine rings is 1. The predicted molar refractivity (Wildman–Crippen MR) is 84.3 cm³/mol. The van der Waals surface area contributed by atoms with Gasteiger partial charge in [-0.15, -0.1) is 0 Å². The van der Waals surface area contributed by atoms with E-state index < -0.39 is 17.9 Å². The van der Waals surface area contributed by atoms with Gasteiger partial charge in [-0.05, 0) is 25.3 Å². The van der Waals surface area contributed by atoms with Crippen LogP contribution in [-0.2, 0) is 9.59 Å². The van der Waals surface area contributed by atoms with Crippen LogP contribution in [-0.4, -0.2) is 33.9 Å². The Balaban J connectivity index is 1.95. The van der Waals surface area contributed by atoms with Gasteiger partial charge in [0.05, 0.1) is 16.6 Å². The molecule has 3 heterocycles. The van der Waals surface area contributed by atoms with E-state index in [-0.39, 0.29) is 24.7 Å². The maximum atomic E-state index is 12.7. The SMILES string of the molecule is Cc1noc2nc(C(C)C)cc(C(=O)NC3CCC(=O)NC3=O)c12. The quantitative estimate of drug-likeness (QED) is 0.817. The average molecular weight is 330 g/mol. The fraction of sp³-hybridized carbons (Fsp3) is 0.438. The van der Waals surface area contributed by atoms with Crippen molar-refractivity contribution in [2.45, 2.75) is 45.6 Å². The summed E-state index contributed by atoms with van der Waals surface area (Å²) in [7, 11) is 0. The summed E-state index contributed by atoms with van der Waals surface area (Å²) in [5, 5.41) is 9.31. The van der Waals surface area contributed by atoms with Crippen molar-refractivity contribution >= 4 is 28.8 Å². The summed E-state index contributed by atoms with van der Waals surface area (Å²) in [6.45, 7) is 5.64. The Morgan fingerprint density at radius 3 is 2.83 bits per heavy atom. The number of pyridine rings is 1. The Morgan fingerprint density at radius 2 is 2.17 bits per heavy atom. The van der Waals surface area contributed by atoms with E-state index in [0.29, 0.717) is 28.1 Å². The van der Waals surface area contributed by atoms with Gasteiger partial charge in [0.25, 0.3) is 11.6 Å². The van der Waals surface area contributed by atoms with Crippen molar-refractivity contribution in [2.24, 2.45) is 0 Å². The van der Waals surface area contributed by atoms with Gasteiger partial charge in [-0.1, -0.05) is 19.0 Å². The number of rotatable bonds is 3. The number of hydrogen-bond donors (Lipinski definition) is 2. The number of carbonyl (C=O) groups excluding carboxylic acids is 3. The molecular weight excluding hydrogens is 312 g/mol. The lowest BCUT2D eigenvalue weighted by molar-refractivity contribution is -0.134. The van der Waals surface area contributed by atoms with E-state index >= 15 is 0 Å². The zero-order valence-electron chi connectivity index (χ0n) is 13.7. The van der Waals surface area contributed by atoms with E-state index in [1.54, 1.807) is 13.0 Å². The molecule has 3 rings (SSSR count). The lowest BCUT2D eigenvalue weighted by Gasteiger charge is -2.22. The first-order valence-corrected chi connectivity index (χ1v) is 7.78. The summed E-state index contributed by atoms with van der Waals surface area (Å²) in [4.78, 5) is 40.1. The number of aryl methyl sites for hydroxylation is 1. The lowest BCUT2D eigenvalue weighted by atomic mass is 10.0. The first-order chi connectivity index (χ1) is 11.4. The first-order valence-electron chi connectivity index (χ1n) is 7.78. The maximum absolute atomic E-state index is 12.7. The molecule has 0 saturated carbocycles. The molecule has 1 saturated heterocycles. The van der Waals surface area contributed by atoms with Gasteiger partial charge in [-0.25, -0.2) is 4.98 Å². The summed E-state index contributed by atoms with van der Waals surface area (Å²) < 4.78 is 5.19. The summed E-state index contributed by atoms with van der Waals surface area (Å²) in [5.74, 6) is -1.13. The molecule has 0 aromatic carbocycles. The number of imide groups is 1. The normalized spacial score (nSPS) is 18.1. The van der Waals surface area contributed by atoms with Gasteiger partial charge in [-0.3, -0.25) is 19.7 Å². The number of aromatic nitrogens is 2. The van der Waals surface area contributed by atoms with Crippen LogP contribution in [0.3, 0.4) is 0 Å². The molecule has 0 spiro atoms. The van der Waals surface area contributed by atoms with Gasteiger partial charge in [0.2, 0.25) is 11.8 Å². The standard InChI is InChI=1S/C16H18N4O4/c1-7(2)11-6-9(13-8(3)20-24-16(13)18-11)14(22)17-10-4-5-12(21)19-15(10)23/h6-7,10H,4-5H2,1-3H3,(H,17,22)(H,19,21,23). The summed E-state index contributed by atoms with van der Waals surface area (Å²) in [6.07, 6.45) is 0.482. The first kappa shape index (κ1) is 16.1. The van der Waals surface area contributed by atoms with Gasteiger partial charge < -0.3 is 9.84 Å². The van der Waals surface area contributed by atoms with Crippen molar-refractivity contribution in [1.82, 2.24) is 20.8 Å². The fourth-order valence-electron chi connectivity index (χ4n) is 2.66. The molecule has 2 N–H and O–H groups in total. The second kappa shape index (κ2) is 6.03. The fourth-order valence-corrected chi connectivity index (χ4v) is 2.66. The smallest absolute Gasteiger partial charge is 0.259 e. The van der Waals surface area contributed by atoms with Gasteiger partial charge in [0.15, 0.2) is 0 Å². The second-order valence-corrected chi connectivity index (χ2v) is 6.17. The van der Waals surface area contributed by atoms with Crippen molar-refractivity contribution < 1.29 is 18.9 Å². The van der Waals surface area contributed by atoms with E-state index in [4.69, 9.17) is 4.52 Å². The molecule has 2 aromatic rings. The minimum absolute atomic E-state index is 0.0990. The van der Waals surface area contributed by atoms with Crippen LogP contribution in [0.4, 0.5) is 0 Å². The van der Waals surface area contributed by atoms with Crippen molar-refractivity contribution in [3.63, 3.8) is 0 Å². The van der Waals surface area contributed by atoms with Crippen molar-refractivity contribution in [2.75, 3.05) is 0 Å². The molecule has 1 aliphatic heterocycles. The molecule has 0 aliphatic carbocycles. The van der Waals surface area contributed by atoms with E-state index in [1.807, 2.05) is 13.8 Å². The second-order valence-electron chi connectivity index (χ2n) is 6.17. The number of hydrogen-bond acceptors (Lipinski definition) is 6. The number of nitrogens with one attached hydrogen (secondary N) is 2. The molecule has 0 radical (unpaired) electrons. The largest absolute Gasteiger partial charge is 0.340 e. The summed E-state index contributed by atoms with van der Waals surface area (Å²) >= 11 is 0. The molecule has 0 bridgehead atoms. The molecule has 3 amide bonds.